The Balaban J connectivity index is 1.50. The summed E-state index contributed by atoms with van der Waals surface area (Å²) in [5, 5.41) is 0. The molecule has 0 saturated carbocycles. The van der Waals surface area contributed by atoms with Crippen molar-refractivity contribution in [3.63, 3.8) is 0 Å². The van der Waals surface area contributed by atoms with E-state index in [-0.39, 0.29) is 19.0 Å². The summed E-state index contributed by atoms with van der Waals surface area (Å²) < 4.78 is 29.6. The first-order chi connectivity index (χ1) is 15.2. The SMILES string of the molecule is Cc1ccc(S(=O)(=O)N2CCN(C(=O)c3cc(C)n(-c4ccccn4)c3C)CC2)cc1C. The van der Waals surface area contributed by atoms with Crippen LogP contribution in [0.4, 0.5) is 0 Å². The van der Waals surface area contributed by atoms with Crippen LogP contribution in [0.25, 0.3) is 5.82 Å². The van der Waals surface area contributed by atoms with Gasteiger partial charge in [-0.3, -0.25) is 4.79 Å². The highest BCUT2D eigenvalue weighted by Gasteiger charge is 2.31. The summed E-state index contributed by atoms with van der Waals surface area (Å²) in [6, 6.07) is 12.8. The van der Waals surface area contributed by atoms with Gasteiger partial charge in [-0.1, -0.05) is 12.1 Å². The van der Waals surface area contributed by atoms with Crippen molar-refractivity contribution in [2.45, 2.75) is 32.6 Å². The maximum atomic E-state index is 13.3. The van der Waals surface area contributed by atoms with E-state index in [1.54, 1.807) is 23.2 Å². The molecule has 0 bridgehead atoms. The number of aryl methyl sites for hydroxylation is 3. The van der Waals surface area contributed by atoms with E-state index in [1.807, 2.05) is 62.6 Å². The topological polar surface area (TPSA) is 75.5 Å². The summed E-state index contributed by atoms with van der Waals surface area (Å²) in [5.74, 6) is 0.689. The predicted molar refractivity (Wildman–Crippen MR) is 124 cm³/mol. The number of hydrogen-bond donors (Lipinski definition) is 0. The molecule has 0 atom stereocenters. The van der Waals surface area contributed by atoms with Gasteiger partial charge < -0.3 is 9.47 Å². The van der Waals surface area contributed by atoms with Crippen molar-refractivity contribution < 1.29 is 13.2 Å². The smallest absolute Gasteiger partial charge is 0.255 e. The first-order valence-electron chi connectivity index (χ1n) is 10.7. The van der Waals surface area contributed by atoms with E-state index in [1.165, 1.54) is 4.31 Å². The minimum Gasteiger partial charge on any atom is -0.336 e. The lowest BCUT2D eigenvalue weighted by Gasteiger charge is -2.34. The van der Waals surface area contributed by atoms with Crippen LogP contribution in [0.5, 0.6) is 0 Å². The van der Waals surface area contributed by atoms with Crippen LogP contribution >= 0.6 is 0 Å². The van der Waals surface area contributed by atoms with Gasteiger partial charge in [0.15, 0.2) is 0 Å². The van der Waals surface area contributed by atoms with Gasteiger partial charge in [-0.25, -0.2) is 13.4 Å². The molecule has 2 aromatic heterocycles. The first kappa shape index (κ1) is 22.2. The van der Waals surface area contributed by atoms with Crippen molar-refractivity contribution in [2.24, 2.45) is 0 Å². The summed E-state index contributed by atoms with van der Waals surface area (Å²) in [4.78, 5) is 19.7. The summed E-state index contributed by atoms with van der Waals surface area (Å²) >= 11 is 0. The third-order valence-electron chi connectivity index (χ3n) is 6.18. The average molecular weight is 453 g/mol. The molecule has 0 spiro atoms. The molecular formula is C24H28N4O3S. The molecule has 0 radical (unpaired) electrons. The summed E-state index contributed by atoms with van der Waals surface area (Å²) in [6.45, 7) is 9.00. The van der Waals surface area contributed by atoms with Crippen LogP contribution < -0.4 is 0 Å². The van der Waals surface area contributed by atoms with Gasteiger partial charge in [0.2, 0.25) is 10.0 Å². The Hall–Kier alpha value is -2.97. The number of piperazine rings is 1. The highest BCUT2D eigenvalue weighted by molar-refractivity contribution is 7.89. The molecule has 0 unspecified atom stereocenters. The van der Waals surface area contributed by atoms with E-state index in [2.05, 4.69) is 4.98 Å². The van der Waals surface area contributed by atoms with Crippen LogP contribution in [0.1, 0.15) is 32.9 Å². The summed E-state index contributed by atoms with van der Waals surface area (Å²) in [7, 11) is -3.58. The molecule has 1 aliphatic rings. The zero-order chi connectivity index (χ0) is 23.0. The standard InChI is InChI=1S/C24H28N4O3S/c1-17-8-9-21(15-18(17)2)32(30,31)27-13-11-26(12-14-27)24(29)22-16-19(3)28(20(22)4)23-7-5-6-10-25-23/h5-10,15-16H,11-14H2,1-4H3. The van der Waals surface area contributed by atoms with Crippen LogP contribution in [-0.4, -0.2) is 59.3 Å². The van der Waals surface area contributed by atoms with E-state index in [0.717, 1.165) is 28.3 Å². The Kier molecular flexibility index (Phi) is 5.92. The Morgan fingerprint density at radius 1 is 0.906 bits per heavy atom. The molecule has 168 valence electrons. The van der Waals surface area contributed by atoms with Gasteiger partial charge in [0.05, 0.1) is 10.5 Å². The molecule has 1 fully saturated rings. The lowest BCUT2D eigenvalue weighted by molar-refractivity contribution is 0.0697. The van der Waals surface area contributed by atoms with Crippen LogP contribution in [0.15, 0.2) is 53.6 Å². The van der Waals surface area contributed by atoms with Crippen LogP contribution in [0.3, 0.4) is 0 Å². The van der Waals surface area contributed by atoms with Crippen molar-refractivity contribution in [2.75, 3.05) is 26.2 Å². The third-order valence-corrected chi connectivity index (χ3v) is 8.08. The van der Waals surface area contributed by atoms with Gasteiger partial charge >= 0.3 is 0 Å². The third kappa shape index (κ3) is 3.96. The van der Waals surface area contributed by atoms with E-state index < -0.39 is 10.0 Å². The van der Waals surface area contributed by atoms with Crippen molar-refractivity contribution >= 4 is 15.9 Å². The van der Waals surface area contributed by atoms with Gasteiger partial charge in [0, 0.05) is 43.8 Å². The zero-order valence-electron chi connectivity index (χ0n) is 18.9. The van der Waals surface area contributed by atoms with Gasteiger partial charge in [0.1, 0.15) is 5.82 Å². The molecule has 3 aromatic rings. The number of nitrogens with zero attached hydrogens (tertiary/aromatic N) is 4. The second-order valence-corrected chi connectivity index (χ2v) is 10.2. The lowest BCUT2D eigenvalue weighted by Crippen LogP contribution is -2.50. The molecule has 7 nitrogen and oxygen atoms in total. The number of pyridine rings is 1. The normalized spacial score (nSPS) is 15.2. The molecular weight excluding hydrogens is 424 g/mol. The van der Waals surface area contributed by atoms with E-state index in [0.29, 0.717) is 23.5 Å². The minimum absolute atomic E-state index is 0.0801. The summed E-state index contributed by atoms with van der Waals surface area (Å²) in [6.07, 6.45) is 1.73. The predicted octanol–water partition coefficient (Wildman–Crippen LogP) is 3.25. The second kappa shape index (κ2) is 8.52. The van der Waals surface area contributed by atoms with Crippen molar-refractivity contribution in [3.05, 3.63) is 76.7 Å². The number of benzene rings is 1. The monoisotopic (exact) mass is 452 g/mol. The van der Waals surface area contributed by atoms with E-state index in [4.69, 9.17) is 0 Å². The molecule has 1 amide bonds. The largest absolute Gasteiger partial charge is 0.336 e. The van der Waals surface area contributed by atoms with Crippen LogP contribution in [-0.2, 0) is 10.0 Å². The number of amides is 1. The van der Waals surface area contributed by atoms with Gasteiger partial charge in [-0.2, -0.15) is 4.31 Å². The maximum Gasteiger partial charge on any atom is 0.255 e. The number of hydrogen-bond acceptors (Lipinski definition) is 4. The van der Waals surface area contributed by atoms with Crippen molar-refractivity contribution in [3.8, 4) is 5.82 Å². The lowest BCUT2D eigenvalue weighted by atomic mass is 10.1. The number of rotatable bonds is 4. The highest BCUT2D eigenvalue weighted by Crippen LogP contribution is 2.24. The van der Waals surface area contributed by atoms with E-state index >= 15 is 0 Å². The maximum absolute atomic E-state index is 13.3. The average Bonchev–Trinajstić information content (AvgIpc) is 3.09. The number of carbonyl (C=O) groups excluding carboxylic acids is 1. The first-order valence-corrected chi connectivity index (χ1v) is 12.1. The van der Waals surface area contributed by atoms with Crippen LogP contribution in [0, 0.1) is 27.7 Å². The van der Waals surface area contributed by atoms with Gasteiger partial charge in [0.25, 0.3) is 5.91 Å². The van der Waals surface area contributed by atoms with Crippen LogP contribution in [0.2, 0.25) is 0 Å². The molecule has 0 aliphatic carbocycles. The quantitative estimate of drug-likeness (QED) is 0.609. The molecule has 1 saturated heterocycles. The van der Waals surface area contributed by atoms with Crippen molar-refractivity contribution in [1.29, 1.82) is 0 Å². The molecule has 1 aromatic carbocycles. The van der Waals surface area contributed by atoms with E-state index in [9.17, 15) is 13.2 Å². The fourth-order valence-corrected chi connectivity index (χ4v) is 5.65. The van der Waals surface area contributed by atoms with Gasteiger partial charge in [-0.05, 0) is 69.2 Å². The fourth-order valence-electron chi connectivity index (χ4n) is 4.14. The Morgan fingerprint density at radius 3 is 2.25 bits per heavy atom. The Labute approximate surface area is 189 Å². The van der Waals surface area contributed by atoms with Gasteiger partial charge in [-0.15, -0.1) is 0 Å². The molecule has 1 aliphatic heterocycles. The Morgan fingerprint density at radius 2 is 1.62 bits per heavy atom. The zero-order valence-corrected chi connectivity index (χ0v) is 19.7. The molecule has 0 N–H and O–H groups in total. The number of aromatic nitrogens is 2. The second-order valence-electron chi connectivity index (χ2n) is 8.25. The fraction of sp³-hybridized carbons (Fsp3) is 0.333. The molecule has 32 heavy (non-hydrogen) atoms. The number of carbonyl (C=O) groups is 1. The van der Waals surface area contributed by atoms with Crippen molar-refractivity contribution in [1.82, 2.24) is 18.8 Å². The minimum atomic E-state index is -3.58. The molecule has 8 heteroatoms. The number of sulfonamides is 1. The summed E-state index contributed by atoms with van der Waals surface area (Å²) in [5.41, 5.74) is 4.39. The molecule has 4 rings (SSSR count). The Bertz CT molecular complexity index is 1260. The molecule has 3 heterocycles. The highest BCUT2D eigenvalue weighted by atomic mass is 32.2.